The fourth-order valence-corrected chi connectivity index (χ4v) is 3.80. The number of hydrogen-bond donors (Lipinski definition) is 1. The van der Waals surface area contributed by atoms with Crippen LogP contribution < -0.4 is 0 Å². The standard InChI is InChI=1S/C17H19NO6/c1-23-16(20)14-12-8-7-11(18(12)17(21)22)9-13(14)24-15(19)10-5-3-2-4-6-10/h2-6,11-14H,7-9H2,1H3,(H,21,22)/t11-,12-,13-,14-/m1/s1. The van der Waals surface area contributed by atoms with Gasteiger partial charge in [-0.2, -0.15) is 0 Å². The lowest BCUT2D eigenvalue weighted by Crippen LogP contribution is -2.56. The monoisotopic (exact) mass is 333 g/mol. The van der Waals surface area contributed by atoms with Crippen LogP contribution in [0.15, 0.2) is 30.3 Å². The summed E-state index contributed by atoms with van der Waals surface area (Å²) in [5.74, 6) is -1.85. The zero-order valence-corrected chi connectivity index (χ0v) is 13.3. The van der Waals surface area contributed by atoms with Crippen molar-refractivity contribution in [3.63, 3.8) is 0 Å². The zero-order valence-electron chi connectivity index (χ0n) is 13.3. The third-order valence-electron chi connectivity index (χ3n) is 4.83. The fourth-order valence-electron chi connectivity index (χ4n) is 3.80. The summed E-state index contributed by atoms with van der Waals surface area (Å²) in [5.41, 5.74) is 0.397. The Hall–Kier alpha value is -2.57. The van der Waals surface area contributed by atoms with Gasteiger partial charge >= 0.3 is 18.0 Å². The quantitative estimate of drug-likeness (QED) is 0.850. The second-order valence-corrected chi connectivity index (χ2v) is 6.08. The molecule has 1 amide bonds. The number of carboxylic acid groups (broad SMARTS) is 1. The van der Waals surface area contributed by atoms with Crippen molar-refractivity contribution in [3.05, 3.63) is 35.9 Å². The van der Waals surface area contributed by atoms with Crippen LogP contribution in [0.2, 0.25) is 0 Å². The molecule has 1 aromatic rings. The molecule has 0 unspecified atom stereocenters. The average molecular weight is 333 g/mol. The van der Waals surface area contributed by atoms with E-state index in [0.29, 0.717) is 24.8 Å². The molecule has 2 aliphatic heterocycles. The van der Waals surface area contributed by atoms with Crippen LogP contribution in [0.3, 0.4) is 0 Å². The van der Waals surface area contributed by atoms with E-state index >= 15 is 0 Å². The summed E-state index contributed by atoms with van der Waals surface area (Å²) < 4.78 is 10.4. The molecule has 24 heavy (non-hydrogen) atoms. The molecule has 128 valence electrons. The van der Waals surface area contributed by atoms with Gasteiger partial charge in [-0.05, 0) is 25.0 Å². The van der Waals surface area contributed by atoms with Crippen LogP contribution >= 0.6 is 0 Å². The molecular formula is C17H19NO6. The number of rotatable bonds is 3. The fraction of sp³-hybridized carbons (Fsp3) is 0.471. The lowest BCUT2D eigenvalue weighted by Gasteiger charge is -2.41. The highest BCUT2D eigenvalue weighted by Gasteiger charge is 2.54. The molecular weight excluding hydrogens is 314 g/mol. The summed E-state index contributed by atoms with van der Waals surface area (Å²) in [6.07, 6.45) is -0.205. The first kappa shape index (κ1) is 16.3. The van der Waals surface area contributed by atoms with Crippen molar-refractivity contribution < 1.29 is 29.0 Å². The number of nitrogens with zero attached hydrogens (tertiary/aromatic N) is 1. The minimum Gasteiger partial charge on any atom is -0.469 e. The molecule has 0 saturated carbocycles. The number of carbonyl (C=O) groups excluding carboxylic acids is 2. The number of piperidine rings is 1. The highest BCUT2D eigenvalue weighted by Crippen LogP contribution is 2.41. The highest BCUT2D eigenvalue weighted by molar-refractivity contribution is 5.89. The third kappa shape index (κ3) is 2.81. The third-order valence-corrected chi connectivity index (χ3v) is 4.83. The molecule has 7 nitrogen and oxygen atoms in total. The second-order valence-electron chi connectivity index (χ2n) is 6.08. The molecule has 7 heteroatoms. The van der Waals surface area contributed by atoms with Gasteiger partial charge in [0.2, 0.25) is 0 Å². The van der Waals surface area contributed by atoms with E-state index in [2.05, 4.69) is 0 Å². The molecule has 0 spiro atoms. The van der Waals surface area contributed by atoms with Gasteiger partial charge in [0.05, 0.1) is 18.7 Å². The molecule has 2 bridgehead atoms. The first-order valence-electron chi connectivity index (χ1n) is 7.88. The van der Waals surface area contributed by atoms with Gasteiger partial charge in [0, 0.05) is 12.5 Å². The number of fused-ring (bicyclic) bond motifs is 2. The van der Waals surface area contributed by atoms with Crippen LogP contribution in [-0.2, 0) is 14.3 Å². The maximum atomic E-state index is 12.3. The van der Waals surface area contributed by atoms with Gasteiger partial charge in [-0.15, -0.1) is 0 Å². The minimum absolute atomic E-state index is 0.234. The normalized spacial score (nSPS) is 28.3. The maximum Gasteiger partial charge on any atom is 0.407 e. The smallest absolute Gasteiger partial charge is 0.407 e. The molecule has 2 heterocycles. The Balaban J connectivity index is 1.83. The molecule has 2 aliphatic rings. The van der Waals surface area contributed by atoms with Gasteiger partial charge in [-0.25, -0.2) is 9.59 Å². The predicted molar refractivity (Wildman–Crippen MR) is 82.4 cm³/mol. The number of hydrogen-bond acceptors (Lipinski definition) is 5. The summed E-state index contributed by atoms with van der Waals surface area (Å²) in [6.45, 7) is 0. The molecule has 0 radical (unpaired) electrons. The first-order chi connectivity index (χ1) is 11.5. The highest BCUT2D eigenvalue weighted by atomic mass is 16.6. The van der Waals surface area contributed by atoms with Gasteiger partial charge in [-0.1, -0.05) is 18.2 Å². The summed E-state index contributed by atoms with van der Waals surface area (Å²) in [5, 5.41) is 9.40. The van der Waals surface area contributed by atoms with E-state index in [4.69, 9.17) is 9.47 Å². The topological polar surface area (TPSA) is 93.1 Å². The largest absolute Gasteiger partial charge is 0.469 e. The van der Waals surface area contributed by atoms with Gasteiger partial charge in [0.1, 0.15) is 12.0 Å². The van der Waals surface area contributed by atoms with Crippen molar-refractivity contribution in [2.24, 2.45) is 5.92 Å². The first-order valence-corrected chi connectivity index (χ1v) is 7.88. The van der Waals surface area contributed by atoms with E-state index in [1.807, 2.05) is 0 Å². The molecule has 1 N–H and O–H groups in total. The van der Waals surface area contributed by atoms with Crippen molar-refractivity contribution >= 4 is 18.0 Å². The van der Waals surface area contributed by atoms with Crippen molar-refractivity contribution in [2.75, 3.05) is 7.11 Å². The van der Waals surface area contributed by atoms with Crippen LogP contribution in [0.5, 0.6) is 0 Å². The molecule has 1 aromatic carbocycles. The van der Waals surface area contributed by atoms with Crippen LogP contribution in [-0.4, -0.2) is 53.3 Å². The van der Waals surface area contributed by atoms with E-state index in [9.17, 15) is 19.5 Å². The Kier molecular flexibility index (Phi) is 4.42. The summed E-state index contributed by atoms with van der Waals surface area (Å²) in [7, 11) is 1.25. The molecule has 0 aliphatic carbocycles. The van der Waals surface area contributed by atoms with E-state index in [1.54, 1.807) is 30.3 Å². The Morgan fingerprint density at radius 1 is 1.17 bits per heavy atom. The molecule has 2 saturated heterocycles. The SMILES string of the molecule is COC(=O)[C@@H]1[C@H]2CC[C@H](C[C@H]1OC(=O)c1ccccc1)N2C(=O)O. The summed E-state index contributed by atoms with van der Waals surface area (Å²) in [6, 6.07) is 7.77. The summed E-state index contributed by atoms with van der Waals surface area (Å²) in [4.78, 5) is 37.3. The Bertz CT molecular complexity index is 646. The van der Waals surface area contributed by atoms with Crippen LogP contribution in [0.1, 0.15) is 29.6 Å². The zero-order chi connectivity index (χ0) is 17.3. The molecule has 3 rings (SSSR count). The number of methoxy groups -OCH3 is 1. The Labute approximate surface area is 139 Å². The Morgan fingerprint density at radius 3 is 2.50 bits per heavy atom. The van der Waals surface area contributed by atoms with Gasteiger partial charge < -0.3 is 19.5 Å². The lowest BCUT2D eigenvalue weighted by molar-refractivity contribution is -0.155. The van der Waals surface area contributed by atoms with Crippen LogP contribution in [0.25, 0.3) is 0 Å². The van der Waals surface area contributed by atoms with Gasteiger partial charge in [0.25, 0.3) is 0 Å². The van der Waals surface area contributed by atoms with E-state index < -0.39 is 36.1 Å². The summed E-state index contributed by atoms with van der Waals surface area (Å²) >= 11 is 0. The van der Waals surface area contributed by atoms with Crippen LogP contribution in [0.4, 0.5) is 4.79 Å². The van der Waals surface area contributed by atoms with E-state index in [-0.39, 0.29) is 6.04 Å². The average Bonchev–Trinajstić information content (AvgIpc) is 2.90. The number of esters is 2. The van der Waals surface area contributed by atoms with Gasteiger partial charge in [-0.3, -0.25) is 4.79 Å². The van der Waals surface area contributed by atoms with Crippen molar-refractivity contribution in [1.29, 1.82) is 0 Å². The van der Waals surface area contributed by atoms with E-state index in [1.165, 1.54) is 12.0 Å². The molecule has 4 atom stereocenters. The number of benzene rings is 1. The molecule has 2 fully saturated rings. The van der Waals surface area contributed by atoms with Crippen LogP contribution in [0, 0.1) is 5.92 Å². The lowest BCUT2D eigenvalue weighted by atomic mass is 9.87. The predicted octanol–water partition coefficient (Wildman–Crippen LogP) is 1.92. The maximum absolute atomic E-state index is 12.3. The van der Waals surface area contributed by atoms with Crippen molar-refractivity contribution in [3.8, 4) is 0 Å². The van der Waals surface area contributed by atoms with Gasteiger partial charge in [0.15, 0.2) is 0 Å². The molecule has 0 aromatic heterocycles. The second kappa shape index (κ2) is 6.51. The van der Waals surface area contributed by atoms with Crippen molar-refractivity contribution in [1.82, 2.24) is 4.90 Å². The number of ether oxygens (including phenoxy) is 2. The van der Waals surface area contributed by atoms with E-state index in [0.717, 1.165) is 0 Å². The number of amides is 1. The van der Waals surface area contributed by atoms with Crippen molar-refractivity contribution in [2.45, 2.75) is 37.5 Å². The number of carbonyl (C=O) groups is 3. The minimum atomic E-state index is -1.05. The Morgan fingerprint density at radius 2 is 1.88 bits per heavy atom.